The Morgan fingerprint density at radius 1 is 1.00 bits per heavy atom. The van der Waals surface area contributed by atoms with Gasteiger partial charge in [-0.2, -0.15) is 0 Å². The minimum absolute atomic E-state index is 0.398. The van der Waals surface area contributed by atoms with Crippen molar-refractivity contribution >= 4 is 46.7 Å². The molecule has 3 nitrogen and oxygen atoms in total. The van der Waals surface area contributed by atoms with E-state index in [2.05, 4.69) is 18.8 Å². The van der Waals surface area contributed by atoms with E-state index in [0.717, 1.165) is 12.0 Å². The summed E-state index contributed by atoms with van der Waals surface area (Å²) in [6, 6.07) is 8.84. The molecule has 2 aromatic rings. The van der Waals surface area contributed by atoms with Gasteiger partial charge in [0.1, 0.15) is 0 Å². The van der Waals surface area contributed by atoms with E-state index < -0.39 is 0 Å². The topological polar surface area (TPSA) is 30.8 Å². The van der Waals surface area contributed by atoms with Crippen LogP contribution in [0.15, 0.2) is 35.3 Å². The molecule has 0 unspecified atom stereocenters. The molecule has 0 bridgehead atoms. The van der Waals surface area contributed by atoms with Crippen molar-refractivity contribution in [3.63, 3.8) is 0 Å². The molecule has 0 aliphatic carbocycles. The van der Waals surface area contributed by atoms with Crippen LogP contribution in [0.25, 0.3) is 0 Å². The van der Waals surface area contributed by atoms with Crippen molar-refractivity contribution in [1.82, 2.24) is 0 Å². The van der Waals surface area contributed by atoms with Crippen molar-refractivity contribution in [3.8, 4) is 11.5 Å². The van der Waals surface area contributed by atoms with Crippen molar-refractivity contribution in [2.45, 2.75) is 20.3 Å². The van der Waals surface area contributed by atoms with Crippen LogP contribution in [-0.4, -0.2) is 19.9 Å². The van der Waals surface area contributed by atoms with Crippen LogP contribution in [-0.2, 0) is 0 Å². The second kappa shape index (κ2) is 9.33. The van der Waals surface area contributed by atoms with Gasteiger partial charge in [-0.25, -0.2) is 0 Å². The molecule has 0 N–H and O–H groups in total. The Morgan fingerprint density at radius 3 is 2.40 bits per heavy atom. The van der Waals surface area contributed by atoms with E-state index in [9.17, 15) is 0 Å². The molecule has 0 aromatic heterocycles. The lowest BCUT2D eigenvalue weighted by molar-refractivity contribution is 0.273. The number of halogens is 3. The van der Waals surface area contributed by atoms with Gasteiger partial charge in [0.05, 0.1) is 34.5 Å². The zero-order valence-electron chi connectivity index (χ0n) is 14.4. The van der Waals surface area contributed by atoms with Gasteiger partial charge in [0, 0.05) is 6.21 Å². The van der Waals surface area contributed by atoms with Gasteiger partial charge < -0.3 is 9.47 Å². The molecule has 25 heavy (non-hydrogen) atoms. The Hall–Kier alpha value is -1.42. The number of rotatable bonds is 7. The van der Waals surface area contributed by atoms with Gasteiger partial charge in [-0.1, -0.05) is 48.7 Å². The molecular weight excluding hydrogens is 381 g/mol. The van der Waals surface area contributed by atoms with Gasteiger partial charge in [-0.15, -0.1) is 0 Å². The molecule has 6 heteroatoms. The second-order valence-corrected chi connectivity index (χ2v) is 7.14. The average molecular weight is 401 g/mol. The Bertz CT molecular complexity index is 761. The number of methoxy groups -OCH3 is 1. The summed E-state index contributed by atoms with van der Waals surface area (Å²) in [4.78, 5) is 4.37. The fourth-order valence-electron chi connectivity index (χ4n) is 2.04. The monoisotopic (exact) mass is 399 g/mol. The van der Waals surface area contributed by atoms with Crippen molar-refractivity contribution in [3.05, 3.63) is 51.0 Å². The average Bonchev–Trinajstić information content (AvgIpc) is 2.57. The number of aliphatic imine (C=N–C) groups is 1. The van der Waals surface area contributed by atoms with Gasteiger partial charge in [0.2, 0.25) is 0 Å². The van der Waals surface area contributed by atoms with Crippen molar-refractivity contribution in [2.24, 2.45) is 10.9 Å². The maximum Gasteiger partial charge on any atom is 0.161 e. The summed E-state index contributed by atoms with van der Waals surface area (Å²) in [5.41, 5.74) is 1.41. The van der Waals surface area contributed by atoms with Crippen molar-refractivity contribution in [2.75, 3.05) is 13.7 Å². The van der Waals surface area contributed by atoms with E-state index in [1.165, 1.54) is 0 Å². The number of ether oxygens (including phenoxy) is 2. The first-order valence-electron chi connectivity index (χ1n) is 7.90. The summed E-state index contributed by atoms with van der Waals surface area (Å²) in [5, 5.41) is 1.24. The van der Waals surface area contributed by atoms with Crippen molar-refractivity contribution < 1.29 is 9.47 Å². The SMILES string of the molecule is COc1cc(C=Nc2cc(Cl)c(Cl)cc2Cl)ccc1OCCC(C)C. The second-order valence-electron chi connectivity index (χ2n) is 5.92. The molecule has 0 heterocycles. The predicted molar refractivity (Wildman–Crippen MR) is 107 cm³/mol. The first-order valence-corrected chi connectivity index (χ1v) is 9.03. The zero-order chi connectivity index (χ0) is 18.4. The lowest BCUT2D eigenvalue weighted by Crippen LogP contribution is -2.02. The van der Waals surface area contributed by atoms with Crippen molar-refractivity contribution in [1.29, 1.82) is 0 Å². The predicted octanol–water partition coefficient (Wildman–Crippen LogP) is 6.83. The van der Waals surface area contributed by atoms with Crippen LogP contribution in [0.5, 0.6) is 11.5 Å². The fraction of sp³-hybridized carbons (Fsp3) is 0.316. The Morgan fingerprint density at radius 2 is 1.72 bits per heavy atom. The summed E-state index contributed by atoms with van der Waals surface area (Å²) in [5.74, 6) is 1.97. The van der Waals surface area contributed by atoms with Crippen LogP contribution in [0.3, 0.4) is 0 Å². The molecule has 2 aromatic carbocycles. The first-order chi connectivity index (χ1) is 11.9. The van der Waals surface area contributed by atoms with Crippen LogP contribution >= 0.6 is 34.8 Å². The summed E-state index contributed by atoms with van der Waals surface area (Å²) in [6.45, 7) is 4.98. The highest BCUT2D eigenvalue weighted by molar-refractivity contribution is 6.43. The third kappa shape index (κ3) is 5.81. The van der Waals surface area contributed by atoms with Gasteiger partial charge in [-0.05, 0) is 48.2 Å². The number of benzene rings is 2. The molecule has 0 radical (unpaired) electrons. The first kappa shape index (κ1) is 19.9. The van der Waals surface area contributed by atoms with Crippen LogP contribution in [0.1, 0.15) is 25.8 Å². The Labute approximate surface area is 163 Å². The lowest BCUT2D eigenvalue weighted by atomic mass is 10.1. The smallest absolute Gasteiger partial charge is 0.161 e. The van der Waals surface area contributed by atoms with Crippen LogP contribution in [0.4, 0.5) is 5.69 Å². The lowest BCUT2D eigenvalue weighted by Gasteiger charge is -2.12. The molecule has 134 valence electrons. The van der Waals surface area contributed by atoms with E-state index >= 15 is 0 Å². The van der Waals surface area contributed by atoms with Gasteiger partial charge in [-0.3, -0.25) is 4.99 Å². The number of hydrogen-bond donors (Lipinski definition) is 0. The molecule has 0 amide bonds. The minimum Gasteiger partial charge on any atom is -0.493 e. The zero-order valence-corrected chi connectivity index (χ0v) is 16.6. The molecule has 0 saturated heterocycles. The molecule has 0 fully saturated rings. The van der Waals surface area contributed by atoms with Crippen LogP contribution in [0, 0.1) is 5.92 Å². The van der Waals surface area contributed by atoms with E-state index in [1.807, 2.05) is 18.2 Å². The third-order valence-corrected chi connectivity index (χ3v) is 4.51. The Kier molecular flexibility index (Phi) is 7.42. The normalized spacial score (nSPS) is 11.3. The number of nitrogens with zero attached hydrogens (tertiary/aromatic N) is 1. The summed E-state index contributed by atoms with van der Waals surface area (Å²) >= 11 is 18.1. The summed E-state index contributed by atoms with van der Waals surface area (Å²) in [7, 11) is 1.61. The molecular formula is C19H20Cl3NO2. The Balaban J connectivity index is 2.16. The molecule has 0 spiro atoms. The fourth-order valence-corrected chi connectivity index (χ4v) is 2.63. The van der Waals surface area contributed by atoms with Crippen LogP contribution in [0.2, 0.25) is 15.1 Å². The quantitative estimate of drug-likeness (QED) is 0.376. The highest BCUT2D eigenvalue weighted by atomic mass is 35.5. The van der Waals surface area contributed by atoms with Gasteiger partial charge in [0.15, 0.2) is 11.5 Å². The third-order valence-electron chi connectivity index (χ3n) is 3.48. The summed E-state index contributed by atoms with van der Waals surface area (Å²) < 4.78 is 11.2. The van der Waals surface area contributed by atoms with E-state index in [0.29, 0.717) is 44.8 Å². The maximum atomic E-state index is 6.13. The molecule has 2 rings (SSSR count). The maximum absolute atomic E-state index is 6.13. The summed E-state index contributed by atoms with van der Waals surface area (Å²) in [6.07, 6.45) is 2.67. The van der Waals surface area contributed by atoms with Crippen LogP contribution < -0.4 is 9.47 Å². The van der Waals surface area contributed by atoms with E-state index in [1.54, 1.807) is 25.5 Å². The molecule has 0 aliphatic heterocycles. The van der Waals surface area contributed by atoms with Gasteiger partial charge >= 0.3 is 0 Å². The largest absolute Gasteiger partial charge is 0.493 e. The number of hydrogen-bond acceptors (Lipinski definition) is 3. The molecule has 0 atom stereocenters. The van der Waals surface area contributed by atoms with E-state index in [-0.39, 0.29) is 0 Å². The standard InChI is InChI=1S/C19H20Cl3NO2/c1-12(2)6-7-25-18-5-4-13(8-19(18)24-3)11-23-17-10-15(21)14(20)9-16(17)22/h4-5,8-12H,6-7H2,1-3H3. The highest BCUT2D eigenvalue weighted by Gasteiger charge is 2.07. The molecule has 0 saturated carbocycles. The minimum atomic E-state index is 0.398. The van der Waals surface area contributed by atoms with Gasteiger partial charge in [0.25, 0.3) is 0 Å². The highest BCUT2D eigenvalue weighted by Crippen LogP contribution is 2.34. The molecule has 0 aliphatic rings. The van der Waals surface area contributed by atoms with E-state index in [4.69, 9.17) is 44.3 Å².